The molecule has 9 nitrogen and oxygen atoms in total. The number of allylic oxidation sites excluding steroid dienone is 2. The number of hydrogen-bond acceptors (Lipinski definition) is 6. The normalized spacial score (nSPS) is 22.5. The minimum atomic E-state index is -3.37. The van der Waals surface area contributed by atoms with Crippen LogP contribution in [0, 0.1) is 11.8 Å². The van der Waals surface area contributed by atoms with Gasteiger partial charge < -0.3 is 16.0 Å². The Labute approximate surface area is 230 Å². The van der Waals surface area contributed by atoms with Crippen molar-refractivity contribution in [3.63, 3.8) is 0 Å². The lowest BCUT2D eigenvalue weighted by Crippen LogP contribution is -2.45. The van der Waals surface area contributed by atoms with Crippen molar-refractivity contribution in [1.29, 1.82) is 0 Å². The summed E-state index contributed by atoms with van der Waals surface area (Å²) in [7, 11) is -3.37. The van der Waals surface area contributed by atoms with Gasteiger partial charge in [-0.2, -0.15) is 0 Å². The summed E-state index contributed by atoms with van der Waals surface area (Å²) in [6.07, 6.45) is 12.5. The molecule has 1 heterocycles. The fourth-order valence-electron chi connectivity index (χ4n) is 4.40. The Kier molecular flexibility index (Phi) is 11.0. The molecule has 1 aliphatic heterocycles. The Morgan fingerprint density at radius 3 is 2.47 bits per heavy atom. The van der Waals surface area contributed by atoms with Crippen molar-refractivity contribution in [3.05, 3.63) is 41.4 Å². The lowest BCUT2D eigenvalue weighted by molar-refractivity contribution is -0.135. The van der Waals surface area contributed by atoms with Gasteiger partial charge in [-0.05, 0) is 75.1 Å². The van der Waals surface area contributed by atoms with Gasteiger partial charge in [0.05, 0.1) is 11.8 Å². The third kappa shape index (κ3) is 9.31. The van der Waals surface area contributed by atoms with E-state index >= 15 is 0 Å². The van der Waals surface area contributed by atoms with Gasteiger partial charge in [-0.25, -0.2) is 8.42 Å². The van der Waals surface area contributed by atoms with E-state index in [1.54, 1.807) is 29.2 Å². The predicted molar refractivity (Wildman–Crippen MR) is 149 cm³/mol. The van der Waals surface area contributed by atoms with E-state index in [0.29, 0.717) is 30.8 Å². The van der Waals surface area contributed by atoms with Crippen molar-refractivity contribution in [2.24, 2.45) is 17.6 Å². The molecule has 1 saturated heterocycles. The first kappa shape index (κ1) is 30.0. The van der Waals surface area contributed by atoms with Crippen molar-refractivity contribution in [2.45, 2.75) is 76.0 Å². The van der Waals surface area contributed by atoms with E-state index in [1.165, 1.54) is 19.3 Å². The number of carbonyl (C=O) groups excluding carboxylic acids is 3. The number of nitrogens with zero attached hydrogens (tertiary/aromatic N) is 1. The second-order valence-electron chi connectivity index (χ2n) is 10.1. The SMILES string of the molecule is CCCCC/C=C\[C@@H]1C[C@@H]1C(=O)NS(=O)(=O)C1CC1.NC(=O)[C@@H]1CCCN1C(=O)CNc1ccc(Cl)cc1. The number of unbranched alkanes of at least 4 members (excludes halogenated alkanes) is 3. The predicted octanol–water partition coefficient (Wildman–Crippen LogP) is 3.60. The van der Waals surface area contributed by atoms with Crippen molar-refractivity contribution in [3.8, 4) is 0 Å². The number of nitrogens with one attached hydrogen (secondary N) is 2. The zero-order chi connectivity index (χ0) is 27.7. The van der Waals surface area contributed by atoms with Crippen LogP contribution in [0.1, 0.15) is 64.7 Å². The fourth-order valence-corrected chi connectivity index (χ4v) is 5.88. The van der Waals surface area contributed by atoms with Crippen LogP contribution < -0.4 is 15.8 Å². The molecular weight excluding hydrogens is 528 g/mol. The van der Waals surface area contributed by atoms with Crippen LogP contribution in [0.4, 0.5) is 5.69 Å². The quantitative estimate of drug-likeness (QED) is 0.261. The maximum absolute atomic E-state index is 12.0. The molecule has 4 rings (SSSR count). The highest BCUT2D eigenvalue weighted by Crippen LogP contribution is 2.40. The van der Waals surface area contributed by atoms with Crippen molar-refractivity contribution in [2.75, 3.05) is 18.4 Å². The number of rotatable bonds is 12. The lowest BCUT2D eigenvalue weighted by atomic mass is 10.2. The third-order valence-corrected chi connectivity index (χ3v) is 9.02. The summed E-state index contributed by atoms with van der Waals surface area (Å²) < 4.78 is 25.5. The van der Waals surface area contributed by atoms with Crippen molar-refractivity contribution < 1.29 is 22.8 Å². The van der Waals surface area contributed by atoms with Crippen LogP contribution in [0.15, 0.2) is 36.4 Å². The minimum Gasteiger partial charge on any atom is -0.376 e. The molecule has 0 aromatic heterocycles. The zero-order valence-corrected chi connectivity index (χ0v) is 23.5. The van der Waals surface area contributed by atoms with E-state index in [0.717, 1.165) is 24.9 Å². The summed E-state index contributed by atoms with van der Waals surface area (Å²) in [6, 6.07) is 6.63. The Morgan fingerprint density at radius 1 is 1.13 bits per heavy atom. The standard InChI is InChI=1S/C14H23NO3S.C13H16ClN3O2/c1-2-3-4-5-6-7-11-10-13(11)14(16)15-19(17,18)12-8-9-12;14-9-3-5-10(6-4-9)16-8-12(18)17-7-1-2-11(17)13(15)19/h6-7,11-13H,2-5,8-10H2,1H3,(H,15,16);3-6,11,16H,1-2,7-8H2,(H2,15,19)/b7-6-;/t11-,13+;11-/m10/s1. The highest BCUT2D eigenvalue weighted by atomic mass is 35.5. The zero-order valence-electron chi connectivity index (χ0n) is 21.9. The van der Waals surface area contributed by atoms with Gasteiger partial charge in [0.2, 0.25) is 27.7 Å². The van der Waals surface area contributed by atoms with Gasteiger partial charge in [0.1, 0.15) is 6.04 Å². The van der Waals surface area contributed by atoms with Crippen molar-refractivity contribution >= 4 is 45.0 Å². The molecule has 0 unspecified atom stereocenters. The van der Waals surface area contributed by atoms with E-state index < -0.39 is 22.0 Å². The third-order valence-electron chi connectivity index (χ3n) is 6.93. The average Bonchev–Trinajstić information content (AvgIpc) is 3.81. The van der Waals surface area contributed by atoms with E-state index in [1.807, 2.05) is 0 Å². The highest BCUT2D eigenvalue weighted by molar-refractivity contribution is 7.90. The van der Waals surface area contributed by atoms with Crippen LogP contribution in [0.25, 0.3) is 0 Å². The van der Waals surface area contributed by atoms with Crippen LogP contribution in [-0.4, -0.2) is 55.4 Å². The highest BCUT2D eigenvalue weighted by Gasteiger charge is 2.44. The molecule has 3 aliphatic rings. The molecule has 3 atom stereocenters. The first-order chi connectivity index (χ1) is 18.1. The molecular formula is C27H39ClN4O5S. The van der Waals surface area contributed by atoms with Crippen molar-refractivity contribution in [1.82, 2.24) is 9.62 Å². The molecule has 1 aromatic rings. The number of benzene rings is 1. The molecule has 2 aliphatic carbocycles. The molecule has 3 fully saturated rings. The Bertz CT molecular complexity index is 1100. The number of hydrogen-bond donors (Lipinski definition) is 3. The Hall–Kier alpha value is -2.59. The fraction of sp³-hybridized carbons (Fsp3) is 0.593. The summed E-state index contributed by atoms with van der Waals surface area (Å²) in [5.74, 6) is -0.740. The number of halogens is 1. The van der Waals surface area contributed by atoms with E-state index in [-0.39, 0.29) is 35.4 Å². The summed E-state index contributed by atoms with van der Waals surface area (Å²) in [5, 5.41) is 3.33. The van der Waals surface area contributed by atoms with Gasteiger partial charge in [-0.3, -0.25) is 19.1 Å². The molecule has 210 valence electrons. The van der Waals surface area contributed by atoms with Gasteiger partial charge in [-0.1, -0.05) is 43.5 Å². The lowest BCUT2D eigenvalue weighted by Gasteiger charge is -2.22. The Balaban J connectivity index is 0.000000211. The molecule has 2 saturated carbocycles. The number of nitrogens with two attached hydrogens (primary N) is 1. The van der Waals surface area contributed by atoms with Gasteiger partial charge in [-0.15, -0.1) is 0 Å². The van der Waals surface area contributed by atoms with Gasteiger partial charge >= 0.3 is 0 Å². The van der Waals surface area contributed by atoms with E-state index in [9.17, 15) is 22.8 Å². The average molecular weight is 567 g/mol. The number of anilines is 1. The maximum Gasteiger partial charge on any atom is 0.242 e. The van der Waals surface area contributed by atoms with Crippen LogP contribution in [0.2, 0.25) is 5.02 Å². The first-order valence-electron chi connectivity index (χ1n) is 13.4. The smallest absolute Gasteiger partial charge is 0.242 e. The van der Waals surface area contributed by atoms with Crippen LogP contribution >= 0.6 is 11.6 Å². The second kappa shape index (κ2) is 14.0. The maximum atomic E-state index is 12.0. The molecule has 0 bridgehead atoms. The van der Waals surface area contributed by atoms with Crippen LogP contribution in [0.3, 0.4) is 0 Å². The summed E-state index contributed by atoms with van der Waals surface area (Å²) >= 11 is 5.78. The number of amides is 3. The summed E-state index contributed by atoms with van der Waals surface area (Å²) in [5.41, 5.74) is 6.09. The number of carbonyl (C=O) groups is 3. The molecule has 3 amide bonds. The first-order valence-corrected chi connectivity index (χ1v) is 15.3. The Morgan fingerprint density at radius 2 is 1.84 bits per heavy atom. The van der Waals surface area contributed by atoms with E-state index in [2.05, 4.69) is 29.1 Å². The topological polar surface area (TPSA) is 139 Å². The summed E-state index contributed by atoms with van der Waals surface area (Å²) in [6.45, 7) is 2.91. The van der Waals surface area contributed by atoms with Crippen LogP contribution in [0.5, 0.6) is 0 Å². The van der Waals surface area contributed by atoms with Gasteiger partial charge in [0.15, 0.2) is 0 Å². The molecule has 4 N–H and O–H groups in total. The largest absolute Gasteiger partial charge is 0.376 e. The number of likely N-dealkylation sites (tertiary alicyclic amines) is 1. The number of primary amides is 1. The monoisotopic (exact) mass is 566 g/mol. The number of sulfonamides is 1. The summed E-state index contributed by atoms with van der Waals surface area (Å²) in [4.78, 5) is 36.6. The molecule has 1 aromatic carbocycles. The van der Waals surface area contributed by atoms with Gasteiger partial charge in [0, 0.05) is 23.2 Å². The molecule has 11 heteroatoms. The minimum absolute atomic E-state index is 0.115. The molecule has 0 radical (unpaired) electrons. The second-order valence-corrected chi connectivity index (χ2v) is 12.5. The molecule has 38 heavy (non-hydrogen) atoms. The van der Waals surface area contributed by atoms with Crippen LogP contribution in [-0.2, 0) is 24.4 Å². The molecule has 0 spiro atoms. The van der Waals surface area contributed by atoms with E-state index in [4.69, 9.17) is 17.3 Å². The van der Waals surface area contributed by atoms with Gasteiger partial charge in [0.25, 0.3) is 0 Å².